The van der Waals surface area contributed by atoms with Crippen molar-refractivity contribution < 1.29 is 29.0 Å². The summed E-state index contributed by atoms with van der Waals surface area (Å²) < 4.78 is 6.96. The van der Waals surface area contributed by atoms with E-state index in [0.29, 0.717) is 31.2 Å². The lowest BCUT2D eigenvalue weighted by atomic mass is 10.0. The minimum Gasteiger partial charge on any atom is -0.465 e. The van der Waals surface area contributed by atoms with Gasteiger partial charge in [0.1, 0.15) is 17.9 Å². The lowest BCUT2D eigenvalue weighted by Gasteiger charge is -2.30. The summed E-state index contributed by atoms with van der Waals surface area (Å²) in [4.78, 5) is 63.7. The van der Waals surface area contributed by atoms with Crippen LogP contribution in [0, 0.1) is 23.7 Å². The molecule has 4 aromatic rings. The molecule has 2 saturated heterocycles. The van der Waals surface area contributed by atoms with Crippen molar-refractivity contribution in [3.8, 4) is 22.3 Å². The fourth-order valence-corrected chi connectivity index (χ4v) is 9.46. The van der Waals surface area contributed by atoms with Gasteiger partial charge >= 0.3 is 12.2 Å². The number of amides is 4. The number of allylic oxidation sites excluding steroid dienone is 1. The zero-order chi connectivity index (χ0) is 39.4. The number of imidazole rings is 1. The molecule has 0 bridgehead atoms. The summed E-state index contributed by atoms with van der Waals surface area (Å²) in [7, 11) is 1.28. The van der Waals surface area contributed by atoms with Gasteiger partial charge in [0, 0.05) is 46.2 Å². The quantitative estimate of drug-likeness (QED) is 0.105. The van der Waals surface area contributed by atoms with E-state index in [1.807, 2.05) is 44.7 Å². The lowest BCUT2D eigenvalue weighted by Crippen LogP contribution is -2.53. The van der Waals surface area contributed by atoms with Crippen molar-refractivity contribution in [2.45, 2.75) is 77.5 Å². The summed E-state index contributed by atoms with van der Waals surface area (Å²) in [5.41, 5.74) is 9.33. The maximum absolute atomic E-state index is 13.4. The van der Waals surface area contributed by atoms with Gasteiger partial charge in [-0.1, -0.05) is 33.8 Å². The number of aromatic amines is 1. The first-order valence-corrected chi connectivity index (χ1v) is 20.2. The fraction of sp³-hybridized carbons (Fsp3) is 0.462. The number of H-pyrrole nitrogens is 1. The number of hydrogen-bond acceptors (Lipinski definition) is 10. The number of carbonyl (C=O) groups is 4. The number of thiophene rings is 2. The Morgan fingerprint density at radius 1 is 1.00 bits per heavy atom. The number of hydrogen-bond donors (Lipinski definition) is 6. The van der Waals surface area contributed by atoms with Crippen molar-refractivity contribution >= 4 is 67.1 Å². The number of carbonyl (C=O) groups excluding carboxylic acids is 3. The van der Waals surface area contributed by atoms with Gasteiger partial charge in [-0.2, -0.15) is 0 Å². The van der Waals surface area contributed by atoms with Gasteiger partial charge < -0.3 is 46.3 Å². The van der Waals surface area contributed by atoms with Crippen LogP contribution in [-0.2, 0) is 14.3 Å². The van der Waals surface area contributed by atoms with E-state index < -0.39 is 24.3 Å². The van der Waals surface area contributed by atoms with Crippen LogP contribution < -0.4 is 21.7 Å². The molecule has 2 aliphatic rings. The molecular weight excluding hydrogens is 741 g/mol. The molecule has 2 fully saturated rings. The number of nitrogens with one attached hydrogen (secondary N) is 4. The third-order valence-electron chi connectivity index (χ3n) is 10.0. The molecule has 5 heterocycles. The molecular formula is C39H48N8O6S2. The lowest BCUT2D eigenvalue weighted by molar-refractivity contribution is -0.136. The van der Waals surface area contributed by atoms with Crippen LogP contribution in [-0.4, -0.2) is 93.7 Å². The molecule has 7 N–H and O–H groups in total. The van der Waals surface area contributed by atoms with Crippen LogP contribution in [0.1, 0.15) is 70.1 Å². The number of ether oxygens (including phenoxy) is 1. The molecule has 3 aromatic heterocycles. The SMILES string of the molecule is COC(=O)N[C@@H](C(=O)N1CCC[C@@H]1CN/C=C(\N)C#Cc1cc2sc(-c3ccc4nc(C5CCCN5C(=O)[C@H](NC(=O)O)C(C)C)[nH]c4c3)cc2s1)C(C)C. The van der Waals surface area contributed by atoms with E-state index in [4.69, 9.17) is 15.5 Å². The molecule has 1 unspecified atom stereocenters. The highest BCUT2D eigenvalue weighted by molar-refractivity contribution is 7.29. The van der Waals surface area contributed by atoms with Crippen molar-refractivity contribution in [1.82, 2.24) is 35.7 Å². The Morgan fingerprint density at radius 3 is 2.40 bits per heavy atom. The van der Waals surface area contributed by atoms with E-state index in [1.54, 1.807) is 33.8 Å². The predicted molar refractivity (Wildman–Crippen MR) is 214 cm³/mol. The van der Waals surface area contributed by atoms with Crippen LogP contribution in [0.25, 0.3) is 30.9 Å². The highest BCUT2D eigenvalue weighted by Crippen LogP contribution is 2.39. The smallest absolute Gasteiger partial charge is 0.407 e. The number of nitrogens with two attached hydrogens (primary N) is 1. The van der Waals surface area contributed by atoms with E-state index in [0.717, 1.165) is 61.4 Å². The summed E-state index contributed by atoms with van der Waals surface area (Å²) in [5, 5.41) is 17.6. The Labute approximate surface area is 327 Å². The molecule has 1 aromatic carbocycles. The van der Waals surface area contributed by atoms with Gasteiger partial charge in [0.2, 0.25) is 11.8 Å². The first kappa shape index (κ1) is 39.4. The molecule has 292 valence electrons. The molecule has 0 aliphatic carbocycles. The Balaban J connectivity index is 1.08. The zero-order valence-corrected chi connectivity index (χ0v) is 33.2. The minimum atomic E-state index is -1.21. The van der Waals surface area contributed by atoms with Gasteiger partial charge in [0.05, 0.1) is 34.8 Å². The first-order valence-electron chi connectivity index (χ1n) is 18.5. The van der Waals surface area contributed by atoms with E-state index in [-0.39, 0.29) is 35.7 Å². The fourth-order valence-electron chi connectivity index (χ4n) is 7.21. The standard InChI is InChI=1S/C39H48N8O6S2/c1-21(2)33(44-38(50)51)37(49)47-15-7-9-29(47)35-42-27-13-10-23(16-28(27)43-35)30-18-32-31(55-30)17-26(54-32)12-11-24(40)19-41-20-25-8-6-14-46(25)36(48)34(22(3)4)45-39(52)53-5/h10,13,16-19,21-22,25,29,33-34,41,44H,6-9,14-15,20,40H2,1-5H3,(H,42,43)(H,45,52)(H,50,51)/b24-19-/t25-,29?,33-,34-/m1/s1. The monoisotopic (exact) mass is 788 g/mol. The van der Waals surface area contributed by atoms with E-state index in [1.165, 1.54) is 7.11 Å². The minimum absolute atomic E-state index is 0.0276. The number of likely N-dealkylation sites (tertiary alicyclic amines) is 2. The van der Waals surface area contributed by atoms with Crippen molar-refractivity contribution in [2.24, 2.45) is 17.6 Å². The molecule has 2 aliphatic heterocycles. The number of benzene rings is 1. The van der Waals surface area contributed by atoms with Crippen LogP contribution in [0.2, 0.25) is 0 Å². The zero-order valence-electron chi connectivity index (χ0n) is 31.6. The van der Waals surface area contributed by atoms with E-state index >= 15 is 0 Å². The number of nitrogens with zero attached hydrogens (tertiary/aromatic N) is 3. The number of aromatic nitrogens is 2. The maximum Gasteiger partial charge on any atom is 0.407 e. The summed E-state index contributed by atoms with van der Waals surface area (Å²) in [6.07, 6.45) is 3.14. The van der Waals surface area contributed by atoms with Crippen molar-refractivity contribution in [1.29, 1.82) is 0 Å². The van der Waals surface area contributed by atoms with E-state index in [2.05, 4.69) is 51.0 Å². The van der Waals surface area contributed by atoms with Gasteiger partial charge in [0.25, 0.3) is 0 Å². The maximum atomic E-state index is 13.4. The van der Waals surface area contributed by atoms with Gasteiger partial charge in [0.15, 0.2) is 0 Å². The largest absolute Gasteiger partial charge is 0.465 e. The van der Waals surface area contributed by atoms with Crippen LogP contribution in [0.4, 0.5) is 9.59 Å². The van der Waals surface area contributed by atoms with Gasteiger partial charge in [-0.15, -0.1) is 22.7 Å². The van der Waals surface area contributed by atoms with Crippen LogP contribution >= 0.6 is 22.7 Å². The topological polar surface area (TPSA) is 195 Å². The average Bonchev–Trinajstić information content (AvgIpc) is 3.98. The van der Waals surface area contributed by atoms with Gasteiger partial charge in [-0.3, -0.25) is 9.59 Å². The number of alkyl carbamates (subject to hydrolysis) is 1. The van der Waals surface area contributed by atoms with Crippen molar-refractivity contribution in [3.63, 3.8) is 0 Å². The summed E-state index contributed by atoms with van der Waals surface area (Å²) in [5.74, 6) is 6.28. The van der Waals surface area contributed by atoms with Crippen LogP contribution in [0.5, 0.6) is 0 Å². The second-order valence-corrected chi connectivity index (χ2v) is 16.8. The number of fused-ring (bicyclic) bond motifs is 2. The molecule has 0 spiro atoms. The normalized spacial score (nSPS) is 18.4. The second kappa shape index (κ2) is 17.0. The van der Waals surface area contributed by atoms with Crippen molar-refractivity contribution in [3.05, 3.63) is 52.9 Å². The Bertz CT molecular complexity index is 2130. The van der Waals surface area contributed by atoms with Gasteiger partial charge in [-0.05, 0) is 79.2 Å². The number of methoxy groups -OCH3 is 1. The summed E-state index contributed by atoms with van der Waals surface area (Å²) >= 11 is 3.28. The third-order valence-corrected chi connectivity index (χ3v) is 12.3. The highest BCUT2D eigenvalue weighted by atomic mass is 32.1. The van der Waals surface area contributed by atoms with Crippen LogP contribution in [0.15, 0.2) is 42.2 Å². The number of carboxylic acid groups (broad SMARTS) is 1. The van der Waals surface area contributed by atoms with Gasteiger partial charge in [-0.25, -0.2) is 14.6 Å². The average molecular weight is 789 g/mol. The molecule has 0 saturated carbocycles. The molecule has 0 radical (unpaired) electrons. The second-order valence-electron chi connectivity index (χ2n) is 14.6. The predicted octanol–water partition coefficient (Wildman–Crippen LogP) is 5.57. The summed E-state index contributed by atoms with van der Waals surface area (Å²) in [6.45, 7) is 9.15. The molecule has 16 heteroatoms. The van der Waals surface area contributed by atoms with E-state index in [9.17, 15) is 24.3 Å². The molecule has 55 heavy (non-hydrogen) atoms. The van der Waals surface area contributed by atoms with Crippen molar-refractivity contribution in [2.75, 3.05) is 26.7 Å². The first-order chi connectivity index (χ1) is 26.3. The Morgan fingerprint density at radius 2 is 1.69 bits per heavy atom. The Hall–Kier alpha value is -5.27. The Kier molecular flexibility index (Phi) is 12.2. The summed E-state index contributed by atoms with van der Waals surface area (Å²) in [6, 6.07) is 8.58. The highest BCUT2D eigenvalue weighted by Gasteiger charge is 2.38. The third kappa shape index (κ3) is 9.00. The molecule has 6 rings (SSSR count). The van der Waals surface area contributed by atoms with Crippen LogP contribution in [0.3, 0.4) is 0 Å². The molecule has 4 atom stereocenters. The number of rotatable bonds is 11. The molecule has 4 amide bonds. The molecule has 14 nitrogen and oxygen atoms in total.